The number of nitrogens with zero attached hydrogens (tertiary/aromatic N) is 4. The van der Waals surface area contributed by atoms with Crippen LogP contribution < -0.4 is 20.7 Å². The van der Waals surface area contributed by atoms with Crippen LogP contribution in [0.1, 0.15) is 41.5 Å². The topological polar surface area (TPSA) is 115 Å². The van der Waals surface area contributed by atoms with Gasteiger partial charge in [-0.3, -0.25) is 9.78 Å². The SMILES string of the molecule is CNC(=O)c1cc(Oc2ccc(N(C(N)=O)c3cc(C(C)C)nn3-c3cccc(C)c3)cc2F)ccn1. The van der Waals surface area contributed by atoms with Gasteiger partial charge in [0.2, 0.25) is 0 Å². The minimum Gasteiger partial charge on any atom is -0.454 e. The fraction of sp³-hybridized carbons (Fsp3) is 0.185. The smallest absolute Gasteiger partial charge is 0.325 e. The number of hydrogen-bond acceptors (Lipinski definition) is 5. The van der Waals surface area contributed by atoms with Crippen LogP contribution in [0.2, 0.25) is 0 Å². The Bertz CT molecular complexity index is 1470. The first-order valence-corrected chi connectivity index (χ1v) is 11.6. The molecule has 0 saturated heterocycles. The summed E-state index contributed by atoms with van der Waals surface area (Å²) in [5, 5.41) is 7.16. The molecule has 4 rings (SSSR count). The van der Waals surface area contributed by atoms with E-state index in [1.165, 1.54) is 42.4 Å². The molecule has 0 unspecified atom stereocenters. The number of primary amides is 1. The number of aryl methyl sites for hydroxylation is 1. The predicted molar refractivity (Wildman–Crippen MR) is 138 cm³/mol. The quantitative estimate of drug-likeness (QED) is 0.360. The number of benzene rings is 2. The van der Waals surface area contributed by atoms with E-state index < -0.39 is 17.8 Å². The molecule has 0 radical (unpaired) electrons. The van der Waals surface area contributed by atoms with Gasteiger partial charge in [-0.05, 0) is 48.7 Å². The van der Waals surface area contributed by atoms with E-state index in [4.69, 9.17) is 10.5 Å². The number of pyridine rings is 1. The van der Waals surface area contributed by atoms with Crippen LogP contribution in [0.15, 0.2) is 66.9 Å². The minimum atomic E-state index is -0.804. The lowest BCUT2D eigenvalue weighted by Crippen LogP contribution is -2.33. The molecule has 3 N–H and O–H groups in total. The summed E-state index contributed by atoms with van der Waals surface area (Å²) in [6.45, 7) is 5.93. The summed E-state index contributed by atoms with van der Waals surface area (Å²) < 4.78 is 22.4. The van der Waals surface area contributed by atoms with E-state index in [0.717, 1.165) is 23.0 Å². The third kappa shape index (κ3) is 5.43. The predicted octanol–water partition coefficient (Wildman–Crippen LogP) is 5.21. The number of urea groups is 1. The monoisotopic (exact) mass is 502 g/mol. The van der Waals surface area contributed by atoms with Crippen molar-refractivity contribution in [2.75, 3.05) is 11.9 Å². The molecular weight excluding hydrogens is 475 g/mol. The Balaban J connectivity index is 1.73. The molecule has 10 heteroatoms. The zero-order valence-electron chi connectivity index (χ0n) is 20.9. The summed E-state index contributed by atoms with van der Waals surface area (Å²) in [6, 6.07) is 15.6. The largest absolute Gasteiger partial charge is 0.454 e. The fourth-order valence-corrected chi connectivity index (χ4v) is 3.72. The molecule has 0 saturated carbocycles. The van der Waals surface area contributed by atoms with Gasteiger partial charge in [0, 0.05) is 31.4 Å². The third-order valence-corrected chi connectivity index (χ3v) is 5.59. The second-order valence-corrected chi connectivity index (χ2v) is 8.68. The van der Waals surface area contributed by atoms with Gasteiger partial charge in [-0.25, -0.2) is 18.8 Å². The zero-order valence-corrected chi connectivity index (χ0v) is 20.9. The summed E-state index contributed by atoms with van der Waals surface area (Å²) >= 11 is 0. The van der Waals surface area contributed by atoms with E-state index in [9.17, 15) is 9.59 Å². The van der Waals surface area contributed by atoms with E-state index in [1.807, 2.05) is 45.0 Å². The summed E-state index contributed by atoms with van der Waals surface area (Å²) in [6.07, 6.45) is 1.39. The Kier molecular flexibility index (Phi) is 7.19. The summed E-state index contributed by atoms with van der Waals surface area (Å²) in [5.41, 5.74) is 8.59. The van der Waals surface area contributed by atoms with E-state index in [0.29, 0.717) is 5.82 Å². The standard InChI is InChI=1S/C27H27FN6O3/c1-16(2)22-15-25(34(32-22)19-7-5-6-17(3)12-19)33(27(29)36)18-8-9-24(21(28)13-18)37-20-10-11-31-23(14-20)26(35)30-4/h5-16H,1-4H3,(H2,29,36)(H,30,35). The molecule has 9 nitrogen and oxygen atoms in total. The number of nitrogens with two attached hydrogens (primary N) is 1. The van der Waals surface area contributed by atoms with Crippen molar-refractivity contribution in [3.05, 3.63) is 89.6 Å². The highest BCUT2D eigenvalue weighted by Gasteiger charge is 2.24. The van der Waals surface area contributed by atoms with Crippen LogP contribution in [0, 0.1) is 12.7 Å². The molecular formula is C27H27FN6O3. The lowest BCUT2D eigenvalue weighted by Gasteiger charge is -2.22. The molecule has 0 spiro atoms. The first-order chi connectivity index (χ1) is 17.7. The molecule has 4 aromatic rings. The van der Waals surface area contributed by atoms with Gasteiger partial charge in [0.25, 0.3) is 5.91 Å². The Morgan fingerprint density at radius 3 is 2.54 bits per heavy atom. The minimum absolute atomic E-state index is 0.0760. The number of nitrogens with one attached hydrogen (secondary N) is 1. The lowest BCUT2D eigenvalue weighted by molar-refractivity contribution is 0.0958. The van der Waals surface area contributed by atoms with Crippen molar-refractivity contribution in [3.63, 3.8) is 0 Å². The van der Waals surface area contributed by atoms with Crippen LogP contribution in [0.4, 0.5) is 20.7 Å². The van der Waals surface area contributed by atoms with Gasteiger partial charge in [0.05, 0.1) is 17.1 Å². The van der Waals surface area contributed by atoms with Crippen molar-refractivity contribution in [1.29, 1.82) is 0 Å². The highest BCUT2D eigenvalue weighted by atomic mass is 19.1. The van der Waals surface area contributed by atoms with Crippen LogP contribution in [0.5, 0.6) is 11.5 Å². The van der Waals surface area contributed by atoms with Gasteiger partial charge in [0.1, 0.15) is 17.3 Å². The molecule has 0 aliphatic carbocycles. The molecule has 0 aliphatic rings. The maximum atomic E-state index is 15.2. The van der Waals surface area contributed by atoms with E-state index in [-0.39, 0.29) is 28.8 Å². The van der Waals surface area contributed by atoms with Gasteiger partial charge in [0.15, 0.2) is 11.6 Å². The number of aromatic nitrogens is 3. The van der Waals surface area contributed by atoms with E-state index >= 15 is 4.39 Å². The number of amides is 3. The highest BCUT2D eigenvalue weighted by molar-refractivity contribution is 5.98. The summed E-state index contributed by atoms with van der Waals surface area (Å²) in [5.74, 6) is -0.549. The first kappa shape index (κ1) is 25.4. The molecule has 3 amide bonds. The highest BCUT2D eigenvalue weighted by Crippen LogP contribution is 2.34. The van der Waals surface area contributed by atoms with Crippen LogP contribution in [-0.4, -0.2) is 33.8 Å². The molecule has 2 aromatic heterocycles. The van der Waals surface area contributed by atoms with Gasteiger partial charge in [-0.15, -0.1) is 0 Å². The molecule has 0 bridgehead atoms. The van der Waals surface area contributed by atoms with Crippen molar-refractivity contribution in [3.8, 4) is 17.2 Å². The Hall–Kier alpha value is -4.73. The molecule has 0 fully saturated rings. The van der Waals surface area contributed by atoms with Crippen LogP contribution >= 0.6 is 0 Å². The van der Waals surface area contributed by atoms with Gasteiger partial charge >= 0.3 is 6.03 Å². The third-order valence-electron chi connectivity index (χ3n) is 5.59. The lowest BCUT2D eigenvalue weighted by atomic mass is 10.1. The van der Waals surface area contributed by atoms with Crippen molar-refractivity contribution in [2.45, 2.75) is 26.7 Å². The van der Waals surface area contributed by atoms with Gasteiger partial charge in [-0.2, -0.15) is 5.10 Å². The first-order valence-electron chi connectivity index (χ1n) is 11.6. The Morgan fingerprint density at radius 1 is 1.11 bits per heavy atom. The van der Waals surface area contributed by atoms with Crippen molar-refractivity contribution in [1.82, 2.24) is 20.1 Å². The van der Waals surface area contributed by atoms with E-state index in [1.54, 1.807) is 10.7 Å². The number of hydrogen-bond donors (Lipinski definition) is 2. The maximum Gasteiger partial charge on any atom is 0.325 e. The van der Waals surface area contributed by atoms with Crippen LogP contribution in [0.25, 0.3) is 5.69 Å². The van der Waals surface area contributed by atoms with E-state index in [2.05, 4.69) is 15.4 Å². The molecule has 0 aliphatic heterocycles. The molecule has 2 aromatic carbocycles. The number of carbonyl (C=O) groups is 2. The number of anilines is 2. The molecule has 37 heavy (non-hydrogen) atoms. The average molecular weight is 503 g/mol. The fourth-order valence-electron chi connectivity index (χ4n) is 3.72. The Morgan fingerprint density at radius 2 is 1.89 bits per heavy atom. The molecule has 2 heterocycles. The number of ether oxygens (including phenoxy) is 1. The molecule has 0 atom stereocenters. The zero-order chi connectivity index (χ0) is 26.7. The van der Waals surface area contributed by atoms with Crippen LogP contribution in [0.3, 0.4) is 0 Å². The Labute approximate surface area is 213 Å². The second-order valence-electron chi connectivity index (χ2n) is 8.68. The maximum absolute atomic E-state index is 15.2. The second kappa shape index (κ2) is 10.5. The van der Waals surface area contributed by atoms with Crippen LogP contribution in [-0.2, 0) is 0 Å². The molecule has 190 valence electrons. The summed E-state index contributed by atoms with van der Waals surface area (Å²) in [7, 11) is 1.48. The average Bonchev–Trinajstić information content (AvgIpc) is 3.30. The van der Waals surface area contributed by atoms with Crippen molar-refractivity contribution < 1.29 is 18.7 Å². The van der Waals surface area contributed by atoms with Gasteiger partial charge < -0.3 is 15.8 Å². The normalized spacial score (nSPS) is 10.9. The number of carbonyl (C=O) groups excluding carboxylic acids is 2. The van der Waals surface area contributed by atoms with Gasteiger partial charge in [-0.1, -0.05) is 26.0 Å². The van der Waals surface area contributed by atoms with Crippen molar-refractivity contribution in [2.24, 2.45) is 5.73 Å². The van der Waals surface area contributed by atoms with Crippen molar-refractivity contribution >= 4 is 23.4 Å². The number of halogens is 1. The summed E-state index contributed by atoms with van der Waals surface area (Å²) in [4.78, 5) is 29.7. The number of rotatable bonds is 7.